The van der Waals surface area contributed by atoms with E-state index in [1.165, 1.54) is 6.07 Å². The molecule has 0 spiro atoms. The highest BCUT2D eigenvalue weighted by atomic mass is 19.2. The third-order valence-electron chi connectivity index (χ3n) is 4.96. The predicted molar refractivity (Wildman–Crippen MR) is 102 cm³/mol. The number of carbonyl (C=O) groups excluding carboxylic acids is 1. The summed E-state index contributed by atoms with van der Waals surface area (Å²) < 4.78 is 31.8. The van der Waals surface area contributed by atoms with Crippen molar-refractivity contribution >= 4 is 5.91 Å². The average Bonchev–Trinajstić information content (AvgIpc) is 3.19. The molecule has 6 nitrogen and oxygen atoms in total. The van der Waals surface area contributed by atoms with E-state index in [-0.39, 0.29) is 11.5 Å². The van der Waals surface area contributed by atoms with Gasteiger partial charge in [-0.3, -0.25) is 9.69 Å². The molecule has 1 fully saturated rings. The van der Waals surface area contributed by atoms with Crippen molar-refractivity contribution in [3.63, 3.8) is 0 Å². The monoisotopic (exact) mass is 398 g/mol. The van der Waals surface area contributed by atoms with E-state index >= 15 is 0 Å². The van der Waals surface area contributed by atoms with Crippen molar-refractivity contribution in [2.75, 3.05) is 26.2 Å². The molecule has 0 N–H and O–H groups in total. The highest BCUT2D eigenvalue weighted by molar-refractivity contribution is 5.94. The lowest BCUT2D eigenvalue weighted by Gasteiger charge is -2.34. The minimum Gasteiger partial charge on any atom is -0.336 e. The highest BCUT2D eigenvalue weighted by Crippen LogP contribution is 2.19. The fraction of sp³-hybridized carbons (Fsp3) is 0.286. The van der Waals surface area contributed by atoms with Gasteiger partial charge in [0.2, 0.25) is 0 Å². The normalized spacial score (nSPS) is 14.9. The number of aryl methyl sites for hydroxylation is 1. The maximum atomic E-state index is 13.4. The van der Waals surface area contributed by atoms with E-state index in [0.29, 0.717) is 44.4 Å². The molecule has 0 saturated carbocycles. The van der Waals surface area contributed by atoms with Crippen LogP contribution < -0.4 is 0 Å². The Morgan fingerprint density at radius 1 is 1.03 bits per heavy atom. The van der Waals surface area contributed by atoms with Crippen LogP contribution in [0.5, 0.6) is 0 Å². The first-order valence-electron chi connectivity index (χ1n) is 9.36. The summed E-state index contributed by atoms with van der Waals surface area (Å²) in [5.74, 6) is -1.22. The third-order valence-corrected chi connectivity index (χ3v) is 4.96. The van der Waals surface area contributed by atoms with E-state index in [1.54, 1.807) is 4.90 Å². The van der Waals surface area contributed by atoms with Gasteiger partial charge in [-0.25, -0.2) is 8.78 Å². The van der Waals surface area contributed by atoms with Crippen LogP contribution in [0.15, 0.2) is 47.0 Å². The van der Waals surface area contributed by atoms with Gasteiger partial charge in [-0.1, -0.05) is 22.9 Å². The number of hydrogen-bond acceptors (Lipinski definition) is 5. The average molecular weight is 398 g/mol. The summed E-state index contributed by atoms with van der Waals surface area (Å²) in [6, 6.07) is 11.1. The summed E-state index contributed by atoms with van der Waals surface area (Å²) in [6.07, 6.45) is 0. The number of amides is 1. The van der Waals surface area contributed by atoms with Gasteiger partial charge >= 0.3 is 0 Å². The molecule has 29 heavy (non-hydrogen) atoms. The van der Waals surface area contributed by atoms with Crippen molar-refractivity contribution in [1.82, 2.24) is 19.9 Å². The maximum absolute atomic E-state index is 13.4. The van der Waals surface area contributed by atoms with E-state index in [1.807, 2.05) is 31.2 Å². The highest BCUT2D eigenvalue weighted by Gasteiger charge is 2.24. The summed E-state index contributed by atoms with van der Waals surface area (Å²) in [5.41, 5.74) is 2.18. The molecule has 0 atom stereocenters. The first kappa shape index (κ1) is 19.2. The molecule has 4 rings (SSSR count). The third kappa shape index (κ3) is 4.32. The molecule has 1 amide bonds. The smallest absolute Gasteiger partial charge is 0.257 e. The minimum absolute atomic E-state index is 0.151. The number of halogens is 2. The zero-order chi connectivity index (χ0) is 20.4. The van der Waals surface area contributed by atoms with Gasteiger partial charge in [-0.2, -0.15) is 4.98 Å². The van der Waals surface area contributed by atoms with Crippen molar-refractivity contribution in [3.8, 4) is 11.5 Å². The Kier molecular flexibility index (Phi) is 5.35. The molecular weight excluding hydrogens is 378 g/mol. The molecule has 0 radical (unpaired) electrons. The number of piperazine rings is 1. The van der Waals surface area contributed by atoms with Gasteiger partial charge in [0.25, 0.3) is 11.8 Å². The van der Waals surface area contributed by atoms with Crippen LogP contribution in [-0.2, 0) is 6.54 Å². The minimum atomic E-state index is -1.02. The van der Waals surface area contributed by atoms with Crippen molar-refractivity contribution in [2.45, 2.75) is 13.5 Å². The summed E-state index contributed by atoms with van der Waals surface area (Å²) >= 11 is 0. The van der Waals surface area contributed by atoms with Crippen molar-refractivity contribution < 1.29 is 18.1 Å². The summed E-state index contributed by atoms with van der Waals surface area (Å²) in [6.45, 7) is 4.76. The molecule has 1 saturated heterocycles. The molecule has 1 aliphatic rings. The van der Waals surface area contributed by atoms with Gasteiger partial charge in [-0.05, 0) is 37.3 Å². The topological polar surface area (TPSA) is 62.5 Å². The lowest BCUT2D eigenvalue weighted by molar-refractivity contribution is 0.0624. The summed E-state index contributed by atoms with van der Waals surface area (Å²) in [7, 11) is 0. The van der Waals surface area contributed by atoms with Crippen molar-refractivity contribution in [3.05, 3.63) is 71.1 Å². The Morgan fingerprint density at radius 3 is 2.45 bits per heavy atom. The second-order valence-electron chi connectivity index (χ2n) is 7.08. The van der Waals surface area contributed by atoms with Gasteiger partial charge < -0.3 is 9.42 Å². The number of hydrogen-bond donors (Lipinski definition) is 0. The first-order chi connectivity index (χ1) is 14.0. The van der Waals surface area contributed by atoms with Crippen LogP contribution in [0, 0.1) is 18.6 Å². The molecule has 2 heterocycles. The SMILES string of the molecule is Cc1ccc(-c2nc(CN3CCN(C(=O)c4ccc(F)c(F)c4)CC3)no2)cc1. The van der Waals surface area contributed by atoms with Crippen LogP contribution in [0.1, 0.15) is 21.7 Å². The van der Waals surface area contributed by atoms with Crippen LogP contribution in [0.25, 0.3) is 11.5 Å². The molecule has 2 aromatic carbocycles. The van der Waals surface area contributed by atoms with Crippen LogP contribution in [0.3, 0.4) is 0 Å². The Morgan fingerprint density at radius 2 is 1.76 bits per heavy atom. The Balaban J connectivity index is 1.33. The number of rotatable bonds is 4. The summed E-state index contributed by atoms with van der Waals surface area (Å²) in [5, 5.41) is 4.04. The number of aromatic nitrogens is 2. The van der Waals surface area contributed by atoms with Gasteiger partial charge in [-0.15, -0.1) is 0 Å². The predicted octanol–water partition coefficient (Wildman–Crippen LogP) is 3.28. The van der Waals surface area contributed by atoms with E-state index < -0.39 is 11.6 Å². The fourth-order valence-corrected chi connectivity index (χ4v) is 3.25. The molecular formula is C21H20F2N4O2. The zero-order valence-electron chi connectivity index (χ0n) is 15.9. The Bertz CT molecular complexity index is 1010. The molecule has 150 valence electrons. The largest absolute Gasteiger partial charge is 0.336 e. The van der Waals surface area contributed by atoms with E-state index in [4.69, 9.17) is 4.52 Å². The van der Waals surface area contributed by atoms with E-state index in [9.17, 15) is 13.6 Å². The molecule has 0 bridgehead atoms. The lowest BCUT2D eigenvalue weighted by Crippen LogP contribution is -2.48. The van der Waals surface area contributed by atoms with Gasteiger partial charge in [0.05, 0.1) is 6.54 Å². The molecule has 1 aliphatic heterocycles. The van der Waals surface area contributed by atoms with Crippen molar-refractivity contribution in [1.29, 1.82) is 0 Å². The molecule has 3 aromatic rings. The summed E-state index contributed by atoms with van der Waals surface area (Å²) in [4.78, 5) is 20.7. The van der Waals surface area contributed by atoms with Crippen LogP contribution in [0.4, 0.5) is 8.78 Å². The molecule has 0 aliphatic carbocycles. The second-order valence-corrected chi connectivity index (χ2v) is 7.08. The number of nitrogens with zero attached hydrogens (tertiary/aromatic N) is 4. The van der Waals surface area contributed by atoms with Crippen molar-refractivity contribution in [2.24, 2.45) is 0 Å². The standard InChI is InChI=1S/C21H20F2N4O2/c1-14-2-4-15(5-3-14)20-24-19(25-29-20)13-26-8-10-27(11-9-26)21(28)16-6-7-17(22)18(23)12-16/h2-7,12H,8-11,13H2,1H3. The second kappa shape index (κ2) is 8.08. The quantitative estimate of drug-likeness (QED) is 0.675. The number of carbonyl (C=O) groups is 1. The zero-order valence-corrected chi connectivity index (χ0v) is 15.9. The van der Waals surface area contributed by atoms with E-state index in [0.717, 1.165) is 23.3 Å². The van der Waals surface area contributed by atoms with Gasteiger partial charge in [0, 0.05) is 37.3 Å². The molecule has 8 heteroatoms. The van der Waals surface area contributed by atoms with Crippen LogP contribution in [-0.4, -0.2) is 52.0 Å². The van der Waals surface area contributed by atoms with Gasteiger partial charge in [0.1, 0.15) is 0 Å². The lowest BCUT2D eigenvalue weighted by atomic mass is 10.1. The van der Waals surface area contributed by atoms with E-state index in [2.05, 4.69) is 15.0 Å². The van der Waals surface area contributed by atoms with Crippen LogP contribution in [0.2, 0.25) is 0 Å². The number of benzene rings is 2. The van der Waals surface area contributed by atoms with Crippen LogP contribution >= 0.6 is 0 Å². The molecule has 0 unspecified atom stereocenters. The fourth-order valence-electron chi connectivity index (χ4n) is 3.25. The molecule has 1 aromatic heterocycles. The maximum Gasteiger partial charge on any atom is 0.257 e. The Hall–Kier alpha value is -3.13. The van der Waals surface area contributed by atoms with Gasteiger partial charge in [0.15, 0.2) is 17.5 Å². The Labute approximate surface area is 166 Å². The first-order valence-corrected chi connectivity index (χ1v) is 9.36.